The molecule has 0 radical (unpaired) electrons. The van der Waals surface area contributed by atoms with Crippen molar-refractivity contribution in [3.8, 4) is 0 Å². The number of nitrogens with one attached hydrogen (secondary N) is 1. The maximum Gasteiger partial charge on any atom is 0.193 e. The van der Waals surface area contributed by atoms with Gasteiger partial charge in [-0.25, -0.2) is 4.99 Å². The molecule has 0 fully saturated rings. The van der Waals surface area contributed by atoms with Crippen LogP contribution in [0.15, 0.2) is 29.4 Å². The van der Waals surface area contributed by atoms with Gasteiger partial charge in [-0.1, -0.05) is 13.0 Å². The molecule has 22 heavy (non-hydrogen) atoms. The quantitative estimate of drug-likeness (QED) is 0.672. The van der Waals surface area contributed by atoms with E-state index in [9.17, 15) is 0 Å². The van der Waals surface area contributed by atoms with Crippen LogP contribution in [0.1, 0.15) is 35.7 Å². The maximum absolute atomic E-state index is 6.01. The lowest BCUT2D eigenvalue weighted by molar-refractivity contribution is 0.746. The van der Waals surface area contributed by atoms with Crippen LogP contribution in [0, 0.1) is 0 Å². The maximum atomic E-state index is 6.01. The highest BCUT2D eigenvalue weighted by Crippen LogP contribution is 2.24. The summed E-state index contributed by atoms with van der Waals surface area (Å²) in [6.45, 7) is 2.66. The zero-order valence-corrected chi connectivity index (χ0v) is 13.3. The molecule has 0 amide bonds. The lowest BCUT2D eigenvalue weighted by atomic mass is 10.1. The fraction of sp³-hybridized carbons (Fsp3) is 0.412. The van der Waals surface area contributed by atoms with Crippen molar-refractivity contribution >= 4 is 11.6 Å². The lowest BCUT2D eigenvalue weighted by Gasteiger charge is -2.08. The SMILES string of the molecule is CCc1nn(C)cc1CN=C(N)Nc1ccc2c(c1)CCC2. The average molecular weight is 297 g/mol. The van der Waals surface area contributed by atoms with E-state index in [0.29, 0.717) is 12.5 Å². The first kappa shape index (κ1) is 14.6. The molecule has 1 aromatic heterocycles. The highest BCUT2D eigenvalue weighted by Gasteiger charge is 2.11. The van der Waals surface area contributed by atoms with Gasteiger partial charge in [-0.2, -0.15) is 5.10 Å². The van der Waals surface area contributed by atoms with Gasteiger partial charge in [-0.05, 0) is 48.9 Å². The second-order valence-corrected chi connectivity index (χ2v) is 5.79. The molecule has 5 nitrogen and oxygen atoms in total. The number of hydrogen-bond donors (Lipinski definition) is 2. The Bertz CT molecular complexity index is 699. The monoisotopic (exact) mass is 297 g/mol. The predicted octanol–water partition coefficient (Wildman–Crippen LogP) is 2.40. The standard InChI is InChI=1S/C17H23N5/c1-3-16-14(11-22(2)21-16)10-19-17(18)20-15-8-7-12-5-4-6-13(12)9-15/h7-9,11H,3-6,10H2,1-2H3,(H3,18,19,20). The Labute approximate surface area is 131 Å². The molecule has 0 atom stereocenters. The van der Waals surface area contributed by atoms with Gasteiger partial charge in [0.25, 0.3) is 0 Å². The fourth-order valence-electron chi connectivity index (χ4n) is 3.02. The van der Waals surface area contributed by atoms with Crippen molar-refractivity contribution in [2.45, 2.75) is 39.2 Å². The molecule has 1 aromatic carbocycles. The Balaban J connectivity index is 1.67. The number of aliphatic imine (C=N–C) groups is 1. The molecule has 5 heteroatoms. The van der Waals surface area contributed by atoms with Crippen molar-refractivity contribution in [2.24, 2.45) is 17.8 Å². The van der Waals surface area contributed by atoms with E-state index in [2.05, 4.69) is 40.5 Å². The van der Waals surface area contributed by atoms with Crippen LogP contribution >= 0.6 is 0 Å². The van der Waals surface area contributed by atoms with Gasteiger partial charge in [-0.3, -0.25) is 4.68 Å². The summed E-state index contributed by atoms with van der Waals surface area (Å²) in [5.74, 6) is 0.448. The zero-order valence-electron chi connectivity index (χ0n) is 13.3. The molecule has 0 bridgehead atoms. The van der Waals surface area contributed by atoms with Gasteiger partial charge in [0, 0.05) is 24.5 Å². The van der Waals surface area contributed by atoms with Crippen LogP contribution in [-0.4, -0.2) is 15.7 Å². The van der Waals surface area contributed by atoms with E-state index < -0.39 is 0 Å². The Morgan fingerprint density at radius 2 is 2.18 bits per heavy atom. The molecule has 1 aliphatic carbocycles. The average Bonchev–Trinajstić information content (AvgIpc) is 3.10. The minimum absolute atomic E-state index is 0.448. The molecular formula is C17H23N5. The summed E-state index contributed by atoms with van der Waals surface area (Å²) in [5.41, 5.74) is 12.1. The molecule has 1 heterocycles. The van der Waals surface area contributed by atoms with E-state index in [1.54, 1.807) is 0 Å². The number of nitrogens with two attached hydrogens (primary N) is 1. The van der Waals surface area contributed by atoms with Gasteiger partial charge >= 0.3 is 0 Å². The second-order valence-electron chi connectivity index (χ2n) is 5.79. The van der Waals surface area contributed by atoms with Crippen molar-refractivity contribution < 1.29 is 0 Å². The van der Waals surface area contributed by atoms with Crippen LogP contribution in [-0.2, 0) is 32.9 Å². The first-order valence-electron chi connectivity index (χ1n) is 7.86. The molecule has 1 aliphatic rings. The minimum atomic E-state index is 0.448. The fourth-order valence-corrected chi connectivity index (χ4v) is 3.02. The van der Waals surface area contributed by atoms with Gasteiger partial charge in [0.2, 0.25) is 0 Å². The molecule has 0 spiro atoms. The van der Waals surface area contributed by atoms with Gasteiger partial charge < -0.3 is 11.1 Å². The Kier molecular flexibility index (Phi) is 4.13. The molecule has 3 N–H and O–H groups in total. The first-order valence-corrected chi connectivity index (χ1v) is 7.86. The van der Waals surface area contributed by atoms with Crippen LogP contribution in [0.5, 0.6) is 0 Å². The molecule has 3 rings (SSSR count). The number of anilines is 1. The number of guanidine groups is 1. The number of hydrogen-bond acceptors (Lipinski definition) is 2. The number of rotatable bonds is 4. The van der Waals surface area contributed by atoms with Crippen molar-refractivity contribution in [2.75, 3.05) is 5.32 Å². The van der Waals surface area contributed by atoms with E-state index in [4.69, 9.17) is 5.73 Å². The highest BCUT2D eigenvalue weighted by molar-refractivity contribution is 5.92. The Morgan fingerprint density at radius 1 is 1.36 bits per heavy atom. The molecular weight excluding hydrogens is 274 g/mol. The summed E-state index contributed by atoms with van der Waals surface area (Å²) in [6.07, 6.45) is 6.52. The lowest BCUT2D eigenvalue weighted by Crippen LogP contribution is -2.22. The van der Waals surface area contributed by atoms with Crippen LogP contribution in [0.2, 0.25) is 0 Å². The van der Waals surface area contributed by atoms with E-state index in [1.807, 2.05) is 17.9 Å². The van der Waals surface area contributed by atoms with E-state index in [0.717, 1.165) is 29.8 Å². The number of aryl methyl sites for hydroxylation is 4. The largest absolute Gasteiger partial charge is 0.370 e. The molecule has 0 aliphatic heterocycles. The smallest absolute Gasteiger partial charge is 0.193 e. The molecule has 0 unspecified atom stereocenters. The molecule has 0 saturated heterocycles. The second kappa shape index (κ2) is 6.22. The number of aromatic nitrogens is 2. The van der Waals surface area contributed by atoms with Crippen molar-refractivity contribution in [1.82, 2.24) is 9.78 Å². The normalized spacial score (nSPS) is 14.2. The third-order valence-electron chi connectivity index (χ3n) is 4.12. The van der Waals surface area contributed by atoms with Crippen LogP contribution in [0.3, 0.4) is 0 Å². The van der Waals surface area contributed by atoms with E-state index >= 15 is 0 Å². The van der Waals surface area contributed by atoms with Crippen molar-refractivity contribution in [1.29, 1.82) is 0 Å². The van der Waals surface area contributed by atoms with Crippen LogP contribution in [0.25, 0.3) is 0 Å². The minimum Gasteiger partial charge on any atom is -0.370 e. The van der Waals surface area contributed by atoms with Gasteiger partial charge in [-0.15, -0.1) is 0 Å². The predicted molar refractivity (Wildman–Crippen MR) is 90.0 cm³/mol. The number of nitrogens with zero attached hydrogens (tertiary/aromatic N) is 3. The summed E-state index contributed by atoms with van der Waals surface area (Å²) in [5, 5.41) is 7.60. The highest BCUT2D eigenvalue weighted by atomic mass is 15.3. The van der Waals surface area contributed by atoms with Gasteiger partial charge in [0.1, 0.15) is 0 Å². The van der Waals surface area contributed by atoms with Gasteiger partial charge in [0.15, 0.2) is 5.96 Å². The first-order chi connectivity index (χ1) is 10.7. The summed E-state index contributed by atoms with van der Waals surface area (Å²) in [4.78, 5) is 4.44. The molecule has 2 aromatic rings. The third-order valence-corrected chi connectivity index (χ3v) is 4.12. The van der Waals surface area contributed by atoms with E-state index in [-0.39, 0.29) is 0 Å². The third kappa shape index (κ3) is 3.13. The molecule has 0 saturated carbocycles. The summed E-state index contributed by atoms with van der Waals surface area (Å²) in [6, 6.07) is 6.45. The summed E-state index contributed by atoms with van der Waals surface area (Å²) >= 11 is 0. The summed E-state index contributed by atoms with van der Waals surface area (Å²) in [7, 11) is 1.93. The topological polar surface area (TPSA) is 68.2 Å². The van der Waals surface area contributed by atoms with Crippen molar-refractivity contribution in [3.05, 3.63) is 46.8 Å². The van der Waals surface area contributed by atoms with Crippen LogP contribution < -0.4 is 11.1 Å². The van der Waals surface area contributed by atoms with Crippen LogP contribution in [0.4, 0.5) is 5.69 Å². The summed E-state index contributed by atoms with van der Waals surface area (Å²) < 4.78 is 1.83. The molecule has 116 valence electrons. The Morgan fingerprint density at radius 3 is 3.00 bits per heavy atom. The van der Waals surface area contributed by atoms with Crippen molar-refractivity contribution in [3.63, 3.8) is 0 Å². The Hall–Kier alpha value is -2.30. The van der Waals surface area contributed by atoms with Gasteiger partial charge in [0.05, 0.1) is 12.2 Å². The zero-order chi connectivity index (χ0) is 15.5. The number of benzene rings is 1. The number of fused-ring (bicyclic) bond motifs is 1. The van der Waals surface area contributed by atoms with E-state index in [1.165, 1.54) is 24.0 Å².